The molecule has 0 spiro atoms. The average molecular weight is 1410 g/mol. The van der Waals surface area contributed by atoms with Gasteiger partial charge in [-0.15, -0.1) is 0 Å². The molecule has 0 aliphatic rings. The normalized spacial score (nSPS) is 11.2. The molecule has 0 unspecified atom stereocenters. The molecular weight excluding hydrogens is 1320 g/mol. The Morgan fingerprint density at radius 3 is 0.837 bits per heavy atom. The number of halogens is 8. The van der Waals surface area contributed by atoms with Crippen LogP contribution in [0.2, 0.25) is 0 Å². The summed E-state index contributed by atoms with van der Waals surface area (Å²) in [7, 11) is 7.55. The van der Waals surface area contributed by atoms with Crippen LogP contribution in [-0.4, -0.2) is 18.7 Å². The van der Waals surface area contributed by atoms with Crippen LogP contribution in [0.4, 0.5) is 35.1 Å². The summed E-state index contributed by atoms with van der Waals surface area (Å²) >= 11 is 0. The molecular formula is C88H92F8N8+4. The van der Waals surface area contributed by atoms with E-state index in [1.807, 2.05) is 154 Å². The van der Waals surface area contributed by atoms with E-state index in [4.69, 9.17) is 0 Å². The van der Waals surface area contributed by atoms with Crippen molar-refractivity contribution < 1.29 is 53.9 Å². The minimum atomic E-state index is -0.572. The molecule has 4 aromatic heterocycles. The van der Waals surface area contributed by atoms with Gasteiger partial charge in [0.2, 0.25) is 24.8 Å². The second kappa shape index (κ2) is 31.1. The van der Waals surface area contributed by atoms with Gasteiger partial charge in [0.25, 0.3) is 22.7 Å². The Morgan fingerprint density at radius 2 is 0.529 bits per heavy atom. The van der Waals surface area contributed by atoms with Crippen LogP contribution in [0.25, 0.3) is 78.4 Å². The zero-order valence-corrected chi connectivity index (χ0v) is 63.1. The van der Waals surface area contributed by atoms with Crippen molar-refractivity contribution in [3.8, 4) is 78.4 Å². The molecule has 0 saturated carbocycles. The number of hydrogen-bond donors (Lipinski definition) is 0. The molecule has 9 aromatic carbocycles. The number of aromatic nitrogens is 8. The van der Waals surface area contributed by atoms with Crippen LogP contribution in [0.5, 0.6) is 0 Å². The highest BCUT2D eigenvalue weighted by Gasteiger charge is 2.32. The maximum atomic E-state index is 14.7. The zero-order chi connectivity index (χ0) is 75.8. The molecule has 0 fully saturated rings. The Morgan fingerprint density at radius 1 is 0.260 bits per heavy atom. The lowest BCUT2D eigenvalue weighted by Crippen LogP contribution is -2.41. The fraction of sp³-hybridized carbons (Fsp3) is 0.250. The zero-order valence-electron chi connectivity index (χ0n) is 63.1. The van der Waals surface area contributed by atoms with E-state index in [-0.39, 0.29) is 0 Å². The summed E-state index contributed by atoms with van der Waals surface area (Å²) in [6.07, 6.45) is 7.73. The van der Waals surface area contributed by atoms with Crippen LogP contribution in [-0.2, 0) is 28.2 Å². The first-order chi connectivity index (χ1) is 49.2. The number of nitrogens with zero attached hydrogens (tertiary/aromatic N) is 8. The molecule has 0 radical (unpaired) electrons. The predicted octanol–water partition coefficient (Wildman–Crippen LogP) is 20.6. The van der Waals surface area contributed by atoms with E-state index in [1.54, 1.807) is 46.4 Å². The minimum absolute atomic E-state index is 0.365. The maximum absolute atomic E-state index is 14.7. The lowest BCUT2D eigenvalue weighted by molar-refractivity contribution is -0.684. The Labute approximate surface area is 606 Å². The van der Waals surface area contributed by atoms with Crippen molar-refractivity contribution in [2.45, 2.75) is 123 Å². The Kier molecular flexibility index (Phi) is 22.7. The first-order valence-corrected chi connectivity index (χ1v) is 34.8. The fourth-order valence-electron chi connectivity index (χ4n) is 14.3. The van der Waals surface area contributed by atoms with Crippen LogP contribution < -0.4 is 18.7 Å². The van der Waals surface area contributed by atoms with Crippen molar-refractivity contribution in [3.05, 3.63) is 307 Å². The van der Waals surface area contributed by atoms with Gasteiger partial charge in [-0.05, 0) is 186 Å². The Hall–Kier alpha value is -10.7. The van der Waals surface area contributed by atoms with Crippen LogP contribution >= 0.6 is 0 Å². The molecule has 536 valence electrons. The molecule has 0 bridgehead atoms. The van der Waals surface area contributed by atoms with Crippen molar-refractivity contribution in [2.75, 3.05) is 0 Å². The summed E-state index contributed by atoms with van der Waals surface area (Å²) in [6.45, 7) is 32.1. The summed E-state index contributed by atoms with van der Waals surface area (Å²) < 4.78 is 127. The van der Waals surface area contributed by atoms with Crippen molar-refractivity contribution in [3.63, 3.8) is 0 Å². The van der Waals surface area contributed by atoms with Crippen LogP contribution in [0, 0.1) is 130 Å². The Balaban J connectivity index is 0.000000150. The topological polar surface area (TPSA) is 35.2 Å². The fourth-order valence-corrected chi connectivity index (χ4v) is 14.3. The number of benzene rings is 9. The molecule has 13 aromatic rings. The molecule has 0 N–H and O–H groups in total. The van der Waals surface area contributed by atoms with Crippen molar-refractivity contribution in [1.82, 2.24) is 18.7 Å². The molecule has 0 saturated heterocycles. The van der Waals surface area contributed by atoms with E-state index < -0.39 is 46.5 Å². The molecule has 0 amide bonds. The van der Waals surface area contributed by atoms with Crippen LogP contribution in [0.1, 0.15) is 118 Å². The lowest BCUT2D eigenvalue weighted by atomic mass is 9.85. The van der Waals surface area contributed by atoms with Crippen LogP contribution in [0.3, 0.4) is 0 Å². The summed E-state index contributed by atoms with van der Waals surface area (Å²) in [4.78, 5) is 0. The largest absolute Gasteiger partial charge is 0.274 e. The van der Waals surface area contributed by atoms with Gasteiger partial charge in [0.05, 0.1) is 73.2 Å². The summed E-state index contributed by atoms with van der Waals surface area (Å²) in [6, 6.07) is 46.4. The third kappa shape index (κ3) is 15.2. The smallest absolute Gasteiger partial charge is 0.207 e. The predicted molar refractivity (Wildman–Crippen MR) is 400 cm³/mol. The maximum Gasteiger partial charge on any atom is 0.274 e. The van der Waals surface area contributed by atoms with Gasteiger partial charge in [-0.3, -0.25) is 0 Å². The number of hydrogen-bond acceptors (Lipinski definition) is 0. The molecule has 0 aliphatic heterocycles. The first-order valence-electron chi connectivity index (χ1n) is 34.8. The SMILES string of the molecule is Cc1cc(-c2ccccc2)cc(C)c1-c1c[n+](-c2c(C)cc(F)cc2F)n(C)c1C.Cc1cc(F)cc(F)c1-[n+]1cc(-c2c(C(C)C)cccc2C(C)C)c(C)n1C.Cc1cc(F)cc(F)c1-[n+]1cc(-c2ccccc2)c(C)n1C.Cc1cccc(C)c1-c1c[n+](-c2c(C)cc(F)cc2F)n(C)c1C. The first kappa shape index (κ1) is 75.9. The van der Waals surface area contributed by atoms with Gasteiger partial charge in [-0.25, -0.2) is 17.6 Å². The third-order valence-corrected chi connectivity index (χ3v) is 20.0. The molecule has 0 aliphatic carbocycles. The molecule has 104 heavy (non-hydrogen) atoms. The van der Waals surface area contributed by atoms with Gasteiger partial charge in [-0.1, -0.05) is 156 Å². The van der Waals surface area contributed by atoms with Crippen molar-refractivity contribution >= 4 is 0 Å². The molecule has 16 heteroatoms. The lowest BCUT2D eigenvalue weighted by Gasteiger charge is -2.18. The van der Waals surface area contributed by atoms with Gasteiger partial charge in [-0.2, -0.15) is 36.3 Å². The molecule has 13 rings (SSSR count). The van der Waals surface area contributed by atoms with E-state index in [9.17, 15) is 35.1 Å². The summed E-state index contributed by atoms with van der Waals surface area (Å²) in [5.41, 5.74) is 26.2. The number of aryl methyl sites for hydroxylation is 8. The average Bonchev–Trinajstić information content (AvgIpc) is 1.62. The molecule has 4 heterocycles. The van der Waals surface area contributed by atoms with E-state index in [0.717, 1.165) is 97.1 Å². The van der Waals surface area contributed by atoms with E-state index in [0.29, 0.717) is 56.8 Å². The highest BCUT2D eigenvalue weighted by molar-refractivity contribution is 5.78. The summed E-state index contributed by atoms with van der Waals surface area (Å²) in [5, 5.41) is 0. The highest BCUT2D eigenvalue weighted by Crippen LogP contribution is 2.39. The van der Waals surface area contributed by atoms with Gasteiger partial charge in [0, 0.05) is 46.5 Å². The second-order valence-corrected chi connectivity index (χ2v) is 27.8. The van der Waals surface area contributed by atoms with Gasteiger partial charge in [0.15, 0.2) is 23.3 Å². The van der Waals surface area contributed by atoms with Gasteiger partial charge < -0.3 is 0 Å². The summed E-state index contributed by atoms with van der Waals surface area (Å²) in [5.74, 6) is -3.77. The third-order valence-electron chi connectivity index (χ3n) is 20.0. The standard InChI is InChI=1S/C26H25F2N2.C24H29F2N2.C20H21F2N2.C18H17F2N2/c1-16-11-21(20-9-7-6-8-10-20)12-17(2)25(16)23-15-30(29(5)19(23)4)26-18(3)13-22(27)14-24(26)28;1-14(2)19-9-8-10-20(15(3)4)23(19)21-13-28(27(7)17(21)6)24-16(5)11-18(25)12-22(24)26;1-12-7-6-8-13(2)19(12)17-11-24(23(5)15(17)4)20-14(3)9-16(21)10-18(20)22;1-12-9-15(19)10-17(20)18(12)22-11-16(13(2)21(22)3)14-7-5-4-6-8-14/h6-15H,1-5H3;8-15H,1-7H3;6-11H,1-5H3;4-11H,1-3H3/q4*+1. The molecule has 0 atom stereocenters. The van der Waals surface area contributed by atoms with Gasteiger partial charge in [0.1, 0.15) is 23.3 Å². The molecule has 8 nitrogen and oxygen atoms in total. The highest BCUT2D eigenvalue weighted by atomic mass is 19.2. The quantitative estimate of drug-likeness (QED) is 0.0914. The van der Waals surface area contributed by atoms with Gasteiger partial charge >= 0.3 is 0 Å². The van der Waals surface area contributed by atoms with Crippen molar-refractivity contribution in [2.24, 2.45) is 28.2 Å². The van der Waals surface area contributed by atoms with E-state index in [1.165, 1.54) is 63.2 Å². The second-order valence-electron chi connectivity index (χ2n) is 27.8. The Bertz CT molecular complexity index is 5220. The van der Waals surface area contributed by atoms with E-state index in [2.05, 4.69) is 110 Å². The monoisotopic (exact) mass is 1410 g/mol. The minimum Gasteiger partial charge on any atom is -0.207 e. The van der Waals surface area contributed by atoms with E-state index >= 15 is 0 Å². The van der Waals surface area contributed by atoms with Crippen LogP contribution in [0.15, 0.2) is 183 Å². The van der Waals surface area contributed by atoms with Crippen molar-refractivity contribution in [1.29, 1.82) is 0 Å². The number of rotatable bonds is 11.